The van der Waals surface area contributed by atoms with Gasteiger partial charge in [0.25, 0.3) is 0 Å². The molecule has 1 aliphatic carbocycles. The van der Waals surface area contributed by atoms with Crippen molar-refractivity contribution < 1.29 is 4.74 Å². The van der Waals surface area contributed by atoms with Crippen LogP contribution in [0.5, 0.6) is 0 Å². The monoisotopic (exact) mass is 256 g/mol. The second-order valence-corrected chi connectivity index (χ2v) is 6.48. The van der Waals surface area contributed by atoms with E-state index in [-0.39, 0.29) is 0 Å². The molecule has 1 aliphatic rings. The second kappa shape index (κ2) is 7.46. The summed E-state index contributed by atoms with van der Waals surface area (Å²) in [6, 6.07) is 0.811. The van der Waals surface area contributed by atoms with E-state index < -0.39 is 0 Å². The molecule has 3 heteroatoms. The van der Waals surface area contributed by atoms with Crippen molar-refractivity contribution in [1.29, 1.82) is 0 Å². The molecule has 1 unspecified atom stereocenters. The normalized spacial score (nSPS) is 19.5. The smallest absolute Gasteiger partial charge is 0.0596 e. The van der Waals surface area contributed by atoms with E-state index in [0.717, 1.165) is 32.3 Å². The van der Waals surface area contributed by atoms with Crippen LogP contribution in [-0.2, 0) is 4.74 Å². The topological polar surface area (TPSA) is 24.5 Å². The molecule has 18 heavy (non-hydrogen) atoms. The van der Waals surface area contributed by atoms with Crippen molar-refractivity contribution in [2.24, 2.45) is 5.41 Å². The molecule has 0 amide bonds. The van der Waals surface area contributed by atoms with Gasteiger partial charge in [0.1, 0.15) is 0 Å². The highest BCUT2D eigenvalue weighted by Crippen LogP contribution is 2.25. The molecule has 0 aromatic rings. The summed E-state index contributed by atoms with van der Waals surface area (Å²) in [5.41, 5.74) is 0.384. The lowest BCUT2D eigenvalue weighted by Gasteiger charge is -2.33. The highest BCUT2D eigenvalue weighted by molar-refractivity contribution is 4.86. The number of likely N-dealkylation sites (N-methyl/N-ethyl adjacent to an activating group) is 1. The zero-order valence-electron chi connectivity index (χ0n) is 13.0. The fraction of sp³-hybridized carbons (Fsp3) is 1.00. The third-order valence-corrected chi connectivity index (χ3v) is 3.82. The van der Waals surface area contributed by atoms with Crippen molar-refractivity contribution in [1.82, 2.24) is 10.2 Å². The Labute approximate surface area is 113 Å². The van der Waals surface area contributed by atoms with Crippen molar-refractivity contribution in [2.45, 2.75) is 59.1 Å². The number of rotatable bonds is 10. The van der Waals surface area contributed by atoms with Gasteiger partial charge in [0.15, 0.2) is 0 Å². The zero-order chi connectivity index (χ0) is 13.6. The fourth-order valence-corrected chi connectivity index (χ4v) is 2.15. The Morgan fingerprint density at radius 2 is 2.06 bits per heavy atom. The Morgan fingerprint density at radius 3 is 2.56 bits per heavy atom. The molecular weight excluding hydrogens is 224 g/mol. The number of nitrogens with one attached hydrogen (secondary N) is 1. The molecule has 0 bridgehead atoms. The number of hydrogen-bond acceptors (Lipinski definition) is 3. The van der Waals surface area contributed by atoms with Crippen molar-refractivity contribution in [2.75, 3.05) is 33.3 Å². The molecule has 0 saturated heterocycles. The summed E-state index contributed by atoms with van der Waals surface area (Å²) in [7, 11) is 2.20. The van der Waals surface area contributed by atoms with Crippen LogP contribution in [0.1, 0.15) is 47.0 Å². The van der Waals surface area contributed by atoms with Gasteiger partial charge in [-0.05, 0) is 45.6 Å². The molecule has 0 aromatic carbocycles. The Morgan fingerprint density at radius 1 is 1.39 bits per heavy atom. The third-order valence-electron chi connectivity index (χ3n) is 3.82. The van der Waals surface area contributed by atoms with Crippen LogP contribution in [0, 0.1) is 5.41 Å². The molecule has 0 heterocycles. The van der Waals surface area contributed by atoms with Gasteiger partial charge in [0.2, 0.25) is 0 Å². The predicted octanol–water partition coefficient (Wildman–Crippen LogP) is 2.51. The zero-order valence-corrected chi connectivity index (χ0v) is 13.0. The highest BCUT2D eigenvalue weighted by Gasteiger charge is 2.28. The summed E-state index contributed by atoms with van der Waals surface area (Å²) in [5, 5.41) is 3.67. The maximum absolute atomic E-state index is 5.61. The molecule has 1 atom stereocenters. The molecule has 0 spiro atoms. The molecule has 1 saturated carbocycles. The van der Waals surface area contributed by atoms with Gasteiger partial charge in [-0.2, -0.15) is 0 Å². The fourth-order valence-electron chi connectivity index (χ4n) is 2.15. The number of ether oxygens (including phenoxy) is 1. The van der Waals surface area contributed by atoms with Crippen LogP contribution < -0.4 is 5.32 Å². The van der Waals surface area contributed by atoms with Crippen molar-refractivity contribution in [3.8, 4) is 0 Å². The second-order valence-electron chi connectivity index (χ2n) is 6.48. The molecule has 0 aromatic heterocycles. The molecule has 1 N–H and O–H groups in total. The molecule has 0 aliphatic heterocycles. The average molecular weight is 256 g/mol. The summed E-state index contributed by atoms with van der Waals surface area (Å²) < 4.78 is 5.61. The summed E-state index contributed by atoms with van der Waals surface area (Å²) in [6.07, 6.45) is 4.31. The Balaban J connectivity index is 2.21. The number of hydrogen-bond donors (Lipinski definition) is 1. The highest BCUT2D eigenvalue weighted by atomic mass is 16.5. The molecule has 1 rings (SSSR count). The Kier molecular flexibility index (Phi) is 6.61. The van der Waals surface area contributed by atoms with E-state index in [1.165, 1.54) is 19.3 Å². The maximum atomic E-state index is 5.61. The van der Waals surface area contributed by atoms with Crippen LogP contribution in [0.4, 0.5) is 0 Å². The van der Waals surface area contributed by atoms with E-state index in [9.17, 15) is 0 Å². The molecular formula is C15H32N2O. The van der Waals surface area contributed by atoms with Gasteiger partial charge in [-0.15, -0.1) is 0 Å². The van der Waals surface area contributed by atoms with Crippen molar-refractivity contribution in [3.05, 3.63) is 0 Å². The lowest BCUT2D eigenvalue weighted by molar-refractivity contribution is 0.0552. The van der Waals surface area contributed by atoms with Crippen LogP contribution in [0.25, 0.3) is 0 Å². The first-order valence-corrected chi connectivity index (χ1v) is 7.49. The van der Waals surface area contributed by atoms with Crippen LogP contribution in [0.2, 0.25) is 0 Å². The standard InChI is InChI=1S/C15H32N2O/c1-6-15(4,11-16-14-7-8-14)12-17(5)9-10-18-13(2)3/h13-14,16H,6-12H2,1-5H3. The van der Waals surface area contributed by atoms with Crippen LogP contribution in [-0.4, -0.2) is 50.3 Å². The van der Waals surface area contributed by atoms with Gasteiger partial charge in [-0.3, -0.25) is 0 Å². The first kappa shape index (κ1) is 15.9. The summed E-state index contributed by atoms with van der Waals surface area (Å²) >= 11 is 0. The summed E-state index contributed by atoms with van der Waals surface area (Å²) in [4.78, 5) is 2.40. The van der Waals surface area contributed by atoms with E-state index in [4.69, 9.17) is 4.74 Å². The van der Waals surface area contributed by atoms with E-state index >= 15 is 0 Å². The summed E-state index contributed by atoms with van der Waals surface area (Å²) in [5.74, 6) is 0. The van der Waals surface area contributed by atoms with Crippen molar-refractivity contribution >= 4 is 0 Å². The average Bonchev–Trinajstić information content (AvgIpc) is 3.09. The lowest BCUT2D eigenvalue weighted by Crippen LogP contribution is -2.42. The van der Waals surface area contributed by atoms with Crippen LogP contribution in [0.15, 0.2) is 0 Å². The first-order valence-electron chi connectivity index (χ1n) is 7.49. The molecule has 108 valence electrons. The van der Waals surface area contributed by atoms with Crippen molar-refractivity contribution in [3.63, 3.8) is 0 Å². The van der Waals surface area contributed by atoms with Crippen LogP contribution in [0.3, 0.4) is 0 Å². The summed E-state index contributed by atoms with van der Waals surface area (Å²) in [6.45, 7) is 13.0. The lowest BCUT2D eigenvalue weighted by atomic mass is 9.87. The minimum Gasteiger partial charge on any atom is -0.377 e. The van der Waals surface area contributed by atoms with Gasteiger partial charge < -0.3 is 15.0 Å². The van der Waals surface area contributed by atoms with Crippen LogP contribution >= 0.6 is 0 Å². The first-order chi connectivity index (χ1) is 8.45. The molecule has 1 fully saturated rings. The van der Waals surface area contributed by atoms with Gasteiger partial charge in [0, 0.05) is 25.7 Å². The predicted molar refractivity (Wildman–Crippen MR) is 78.0 cm³/mol. The minimum absolute atomic E-state index is 0.340. The quantitative estimate of drug-likeness (QED) is 0.650. The van der Waals surface area contributed by atoms with E-state index in [0.29, 0.717) is 11.5 Å². The maximum Gasteiger partial charge on any atom is 0.0596 e. The van der Waals surface area contributed by atoms with E-state index in [1.54, 1.807) is 0 Å². The Hall–Kier alpha value is -0.120. The van der Waals surface area contributed by atoms with E-state index in [2.05, 4.69) is 45.0 Å². The molecule has 0 radical (unpaired) electrons. The van der Waals surface area contributed by atoms with Gasteiger partial charge >= 0.3 is 0 Å². The van der Waals surface area contributed by atoms with Gasteiger partial charge in [-0.25, -0.2) is 0 Å². The van der Waals surface area contributed by atoms with Gasteiger partial charge in [0.05, 0.1) is 12.7 Å². The third kappa shape index (κ3) is 6.72. The Bertz CT molecular complexity index is 229. The minimum atomic E-state index is 0.340. The van der Waals surface area contributed by atoms with E-state index in [1.807, 2.05) is 0 Å². The largest absolute Gasteiger partial charge is 0.377 e. The molecule has 3 nitrogen and oxygen atoms in total. The van der Waals surface area contributed by atoms with Gasteiger partial charge in [-0.1, -0.05) is 13.8 Å². The number of nitrogens with zero attached hydrogens (tertiary/aromatic N) is 1. The SMILES string of the molecule is CCC(C)(CNC1CC1)CN(C)CCOC(C)C.